The highest BCUT2D eigenvalue weighted by molar-refractivity contribution is 5.59. The van der Waals surface area contributed by atoms with Gasteiger partial charge in [0.15, 0.2) is 0 Å². The van der Waals surface area contributed by atoms with Gasteiger partial charge in [-0.3, -0.25) is 0 Å². The van der Waals surface area contributed by atoms with Crippen LogP contribution in [0.4, 0.5) is 0 Å². The Kier molecular flexibility index (Phi) is 3.91. The molecule has 2 nitrogen and oxygen atoms in total. The Balaban J connectivity index is 2.52. The highest BCUT2D eigenvalue weighted by Crippen LogP contribution is 2.38. The molecule has 2 heteroatoms. The van der Waals surface area contributed by atoms with E-state index in [1.54, 1.807) is 7.11 Å². The summed E-state index contributed by atoms with van der Waals surface area (Å²) < 4.78 is 5.22. The summed E-state index contributed by atoms with van der Waals surface area (Å²) in [4.78, 5) is 11.1. The first-order chi connectivity index (χ1) is 6.22. The highest BCUT2D eigenvalue weighted by Gasteiger charge is 2.33. The normalized spacial score (nSPS) is 23.8. The molecular formula is C11H20O2. The van der Waals surface area contributed by atoms with E-state index in [1.807, 2.05) is 6.92 Å². The Morgan fingerprint density at radius 1 is 1.38 bits per heavy atom. The molecule has 0 radical (unpaired) electrons. The summed E-state index contributed by atoms with van der Waals surface area (Å²) >= 11 is 0. The molecule has 1 aliphatic rings. The summed E-state index contributed by atoms with van der Waals surface area (Å²) in [6.07, 6.45) is 8.09. The van der Waals surface area contributed by atoms with Crippen LogP contribution in [0, 0.1) is 5.41 Å². The van der Waals surface area contributed by atoms with Crippen molar-refractivity contribution in [1.29, 1.82) is 0 Å². The van der Waals surface area contributed by atoms with E-state index in [4.69, 9.17) is 4.74 Å². The number of carbonyl (C=O) groups is 1. The average molecular weight is 184 g/mol. The zero-order valence-corrected chi connectivity index (χ0v) is 8.71. The molecule has 0 saturated heterocycles. The first-order valence-corrected chi connectivity index (χ1v) is 5.21. The Morgan fingerprint density at radius 3 is 2.46 bits per heavy atom. The maximum atomic E-state index is 11.1. The molecule has 1 fully saturated rings. The lowest BCUT2D eigenvalue weighted by molar-refractivity contribution is -0.120. The lowest BCUT2D eigenvalue weighted by Crippen LogP contribution is -2.30. The second kappa shape index (κ2) is 4.75. The van der Waals surface area contributed by atoms with Gasteiger partial charge in [-0.1, -0.05) is 19.3 Å². The molecule has 0 aromatic heterocycles. The van der Waals surface area contributed by atoms with Crippen molar-refractivity contribution in [2.24, 2.45) is 5.41 Å². The summed E-state index contributed by atoms with van der Waals surface area (Å²) in [6.45, 7) is 2.04. The summed E-state index contributed by atoms with van der Waals surface area (Å²) in [6, 6.07) is 0. The molecule has 0 aromatic carbocycles. The minimum atomic E-state index is -0.0618. The fourth-order valence-electron chi connectivity index (χ4n) is 2.28. The van der Waals surface area contributed by atoms with Crippen LogP contribution < -0.4 is 0 Å². The standard InChI is InChI=1S/C11H20O2/c1-10(13-2)8-11(9-12)6-4-3-5-7-11/h9-10H,3-8H2,1-2H3. The number of ether oxygens (including phenoxy) is 1. The van der Waals surface area contributed by atoms with Crippen molar-refractivity contribution < 1.29 is 9.53 Å². The van der Waals surface area contributed by atoms with Gasteiger partial charge in [-0.2, -0.15) is 0 Å². The zero-order valence-electron chi connectivity index (χ0n) is 8.71. The van der Waals surface area contributed by atoms with E-state index < -0.39 is 0 Å². The fourth-order valence-corrected chi connectivity index (χ4v) is 2.28. The van der Waals surface area contributed by atoms with Crippen molar-refractivity contribution in [3.05, 3.63) is 0 Å². The molecule has 1 atom stereocenters. The van der Waals surface area contributed by atoms with Crippen LogP contribution in [0.25, 0.3) is 0 Å². The molecule has 0 aromatic rings. The molecular weight excluding hydrogens is 164 g/mol. The molecule has 0 bridgehead atoms. The maximum Gasteiger partial charge on any atom is 0.126 e. The van der Waals surface area contributed by atoms with Gasteiger partial charge in [0.2, 0.25) is 0 Å². The molecule has 1 rings (SSSR count). The second-order valence-electron chi connectivity index (χ2n) is 4.29. The van der Waals surface area contributed by atoms with Gasteiger partial charge < -0.3 is 9.53 Å². The number of carbonyl (C=O) groups excluding carboxylic acids is 1. The van der Waals surface area contributed by atoms with Gasteiger partial charge in [0, 0.05) is 12.5 Å². The summed E-state index contributed by atoms with van der Waals surface area (Å²) in [5.74, 6) is 0. The van der Waals surface area contributed by atoms with E-state index in [2.05, 4.69) is 0 Å². The minimum Gasteiger partial charge on any atom is -0.382 e. The van der Waals surface area contributed by atoms with E-state index in [-0.39, 0.29) is 11.5 Å². The smallest absolute Gasteiger partial charge is 0.126 e. The number of hydrogen-bond donors (Lipinski definition) is 0. The van der Waals surface area contributed by atoms with Crippen molar-refractivity contribution in [1.82, 2.24) is 0 Å². The number of hydrogen-bond acceptors (Lipinski definition) is 2. The first-order valence-electron chi connectivity index (χ1n) is 5.21. The van der Waals surface area contributed by atoms with Crippen LogP contribution in [-0.4, -0.2) is 19.5 Å². The molecule has 1 aliphatic carbocycles. The van der Waals surface area contributed by atoms with E-state index in [1.165, 1.54) is 25.5 Å². The van der Waals surface area contributed by atoms with E-state index >= 15 is 0 Å². The minimum absolute atomic E-state index is 0.0618. The summed E-state index contributed by atoms with van der Waals surface area (Å²) in [5, 5.41) is 0. The molecule has 1 unspecified atom stereocenters. The molecule has 0 heterocycles. The Hall–Kier alpha value is -0.370. The number of methoxy groups -OCH3 is 1. The predicted molar refractivity (Wildman–Crippen MR) is 52.7 cm³/mol. The highest BCUT2D eigenvalue weighted by atomic mass is 16.5. The third kappa shape index (κ3) is 2.80. The van der Waals surface area contributed by atoms with Crippen LogP contribution in [0.15, 0.2) is 0 Å². The van der Waals surface area contributed by atoms with E-state index in [0.29, 0.717) is 0 Å². The van der Waals surface area contributed by atoms with E-state index in [0.717, 1.165) is 19.3 Å². The monoisotopic (exact) mass is 184 g/mol. The topological polar surface area (TPSA) is 26.3 Å². The maximum absolute atomic E-state index is 11.1. The van der Waals surface area contributed by atoms with Crippen molar-refractivity contribution >= 4 is 6.29 Å². The van der Waals surface area contributed by atoms with Crippen molar-refractivity contribution in [3.8, 4) is 0 Å². The van der Waals surface area contributed by atoms with Gasteiger partial charge in [-0.25, -0.2) is 0 Å². The molecule has 13 heavy (non-hydrogen) atoms. The molecule has 76 valence electrons. The first kappa shape index (κ1) is 10.7. The SMILES string of the molecule is COC(C)CC1(C=O)CCCCC1. The van der Waals surface area contributed by atoms with Gasteiger partial charge in [0.05, 0.1) is 6.10 Å². The van der Waals surface area contributed by atoms with Crippen molar-refractivity contribution in [3.63, 3.8) is 0 Å². The van der Waals surface area contributed by atoms with Crippen LogP contribution in [0.3, 0.4) is 0 Å². The lowest BCUT2D eigenvalue weighted by atomic mass is 9.72. The van der Waals surface area contributed by atoms with Gasteiger partial charge in [-0.15, -0.1) is 0 Å². The number of rotatable bonds is 4. The Morgan fingerprint density at radius 2 is 2.00 bits per heavy atom. The molecule has 0 spiro atoms. The quantitative estimate of drug-likeness (QED) is 0.628. The third-order valence-electron chi connectivity index (χ3n) is 3.20. The third-order valence-corrected chi connectivity index (χ3v) is 3.20. The Bertz CT molecular complexity index is 159. The summed E-state index contributed by atoms with van der Waals surface area (Å²) in [5.41, 5.74) is -0.0618. The van der Waals surface area contributed by atoms with Crippen LogP contribution in [-0.2, 0) is 9.53 Å². The van der Waals surface area contributed by atoms with Crippen molar-refractivity contribution in [2.45, 2.75) is 51.6 Å². The average Bonchev–Trinajstić information content (AvgIpc) is 2.19. The second-order valence-corrected chi connectivity index (χ2v) is 4.29. The van der Waals surface area contributed by atoms with Gasteiger partial charge in [0.25, 0.3) is 0 Å². The molecule has 0 aliphatic heterocycles. The molecule has 0 amide bonds. The van der Waals surface area contributed by atoms with E-state index in [9.17, 15) is 4.79 Å². The molecule has 1 saturated carbocycles. The van der Waals surface area contributed by atoms with Gasteiger partial charge in [0.1, 0.15) is 6.29 Å². The van der Waals surface area contributed by atoms with Crippen molar-refractivity contribution in [2.75, 3.05) is 7.11 Å². The van der Waals surface area contributed by atoms with Gasteiger partial charge >= 0.3 is 0 Å². The lowest BCUT2D eigenvalue weighted by Gasteiger charge is -2.33. The van der Waals surface area contributed by atoms with Crippen LogP contribution in [0.1, 0.15) is 45.4 Å². The van der Waals surface area contributed by atoms with Crippen LogP contribution in [0.5, 0.6) is 0 Å². The summed E-state index contributed by atoms with van der Waals surface area (Å²) in [7, 11) is 1.71. The largest absolute Gasteiger partial charge is 0.382 e. The fraction of sp³-hybridized carbons (Fsp3) is 0.909. The van der Waals surface area contributed by atoms with Gasteiger partial charge in [-0.05, 0) is 26.2 Å². The predicted octanol–water partition coefficient (Wildman–Crippen LogP) is 2.56. The number of aldehydes is 1. The van der Waals surface area contributed by atoms with Crippen LogP contribution >= 0.6 is 0 Å². The zero-order chi connectivity index (χ0) is 9.73. The molecule has 0 N–H and O–H groups in total. The van der Waals surface area contributed by atoms with Crippen LogP contribution in [0.2, 0.25) is 0 Å². The Labute approximate surface area is 80.7 Å².